The molecule has 0 saturated heterocycles. The van der Waals surface area contributed by atoms with Crippen LogP contribution in [-0.4, -0.2) is 13.1 Å². The Kier molecular flexibility index (Phi) is 2.89. The van der Waals surface area contributed by atoms with E-state index in [1.165, 1.54) is 7.11 Å². The number of ether oxygens (including phenoxy) is 1. The predicted molar refractivity (Wildman–Crippen MR) is 73.1 cm³/mol. The van der Waals surface area contributed by atoms with Crippen molar-refractivity contribution in [1.82, 2.24) is 0 Å². The molecule has 1 fully saturated rings. The van der Waals surface area contributed by atoms with Crippen molar-refractivity contribution < 1.29 is 13.6 Å². The number of carbonyl (C=O) groups is 1. The smallest absolute Gasteiger partial charge is 0.333 e. The van der Waals surface area contributed by atoms with Gasteiger partial charge in [-0.3, -0.25) is 0 Å². The van der Waals surface area contributed by atoms with E-state index in [-0.39, 0.29) is 11.9 Å². The maximum absolute atomic E-state index is 11.8. The molecule has 0 aromatic carbocycles. The fourth-order valence-electron chi connectivity index (χ4n) is 3.41. The largest absolute Gasteiger partial charge is 0.466 e. The van der Waals surface area contributed by atoms with Gasteiger partial charge in [-0.1, -0.05) is 24.1 Å². The summed E-state index contributed by atoms with van der Waals surface area (Å²) >= 11 is 0. The second-order valence-corrected chi connectivity index (χ2v) is 5.58. The normalized spacial score (nSPS) is 37.6. The van der Waals surface area contributed by atoms with Crippen LogP contribution in [0.2, 0.25) is 0 Å². The van der Waals surface area contributed by atoms with E-state index in [1.807, 2.05) is 6.08 Å². The number of hydrogen-bond donors (Lipinski definition) is 0. The molecule has 0 N–H and O–H groups in total. The lowest BCUT2D eigenvalue weighted by Crippen LogP contribution is -2.31. The number of rotatable bonds is 1. The summed E-state index contributed by atoms with van der Waals surface area (Å²) < 4.78 is 27.7. The third-order valence-corrected chi connectivity index (χ3v) is 4.56. The van der Waals surface area contributed by atoms with Crippen molar-refractivity contribution in [2.75, 3.05) is 7.11 Å². The van der Waals surface area contributed by atoms with Gasteiger partial charge in [0.05, 0.1) is 7.11 Å². The molecule has 18 heavy (non-hydrogen) atoms. The molecule has 0 amide bonds. The Bertz CT molecular complexity index is 488. The minimum absolute atomic E-state index is 0.0806. The fourth-order valence-corrected chi connectivity index (χ4v) is 3.41. The van der Waals surface area contributed by atoms with Crippen molar-refractivity contribution in [3.63, 3.8) is 0 Å². The molecule has 0 spiro atoms. The van der Waals surface area contributed by atoms with E-state index in [0.29, 0.717) is 29.4 Å². The minimum atomic E-state index is -2.02. The van der Waals surface area contributed by atoms with E-state index in [2.05, 4.69) is 6.92 Å². The monoisotopic (exact) mass is 252 g/mol. The van der Waals surface area contributed by atoms with Gasteiger partial charge in [0.25, 0.3) is 0 Å². The molecule has 2 nitrogen and oxygen atoms in total. The summed E-state index contributed by atoms with van der Waals surface area (Å²) in [6.45, 7) is 2.01. The molecule has 3 atom stereocenters. The highest BCUT2D eigenvalue weighted by molar-refractivity contribution is 5.88. The third-order valence-electron chi connectivity index (χ3n) is 4.56. The molecule has 0 radical (unpaired) electrons. The summed E-state index contributed by atoms with van der Waals surface area (Å²) in [6.07, 6.45) is 5.37. The summed E-state index contributed by atoms with van der Waals surface area (Å²) in [5.74, 6) is 0.794. The molecular weight excluding hydrogens is 225 g/mol. The zero-order chi connectivity index (χ0) is 15.8. The fraction of sp³-hybridized carbons (Fsp3) is 0.688. The Morgan fingerprint density at radius 1 is 1.44 bits per heavy atom. The molecule has 1 saturated carbocycles. The first-order chi connectivity index (χ1) is 9.75. The highest BCUT2D eigenvalue weighted by atomic mass is 16.5. The van der Waals surface area contributed by atoms with Gasteiger partial charge in [-0.05, 0) is 51.3 Å². The van der Waals surface area contributed by atoms with E-state index in [9.17, 15) is 4.79 Å². The molecule has 0 aliphatic heterocycles. The SMILES string of the molecule is [2H][13C]([2H])([2H])C1=C[C@@H]2/C(=C(/C)C(=O)OC)CC[C@@H](C)[C@@H]2CC1. The Labute approximate surface area is 114 Å². The second kappa shape index (κ2) is 5.29. The first kappa shape index (κ1) is 9.82. The Morgan fingerprint density at radius 2 is 2.22 bits per heavy atom. The lowest BCUT2D eigenvalue weighted by Gasteiger charge is -2.40. The average molecular weight is 252 g/mol. The number of carbonyl (C=O) groups excluding carboxylic acids is 1. The van der Waals surface area contributed by atoms with E-state index in [4.69, 9.17) is 8.85 Å². The van der Waals surface area contributed by atoms with Gasteiger partial charge in [-0.2, -0.15) is 0 Å². The van der Waals surface area contributed by atoms with Gasteiger partial charge < -0.3 is 4.74 Å². The van der Waals surface area contributed by atoms with Crippen LogP contribution in [0.15, 0.2) is 22.8 Å². The van der Waals surface area contributed by atoms with E-state index < -0.39 is 6.85 Å². The Hall–Kier alpha value is -1.05. The van der Waals surface area contributed by atoms with Crippen molar-refractivity contribution in [2.45, 2.75) is 46.4 Å². The van der Waals surface area contributed by atoms with Crippen LogP contribution in [0, 0.1) is 17.8 Å². The highest BCUT2D eigenvalue weighted by Crippen LogP contribution is 2.46. The third kappa shape index (κ3) is 2.38. The van der Waals surface area contributed by atoms with Crippen LogP contribution in [0.1, 0.15) is 50.5 Å². The standard InChI is InChI=1S/C16H24O2/c1-10-5-7-13-11(2)6-8-14(15(13)9-10)12(3)16(17)18-4/h9,11,13,15H,5-8H2,1-4H3/b14-12-/t11-,13+,15+/m1/s1/i1+1D3. The topological polar surface area (TPSA) is 26.3 Å². The van der Waals surface area contributed by atoms with E-state index in [0.717, 1.165) is 24.8 Å². The maximum Gasteiger partial charge on any atom is 0.333 e. The van der Waals surface area contributed by atoms with Gasteiger partial charge in [0.15, 0.2) is 0 Å². The van der Waals surface area contributed by atoms with Gasteiger partial charge in [-0.15, -0.1) is 0 Å². The Morgan fingerprint density at radius 3 is 2.89 bits per heavy atom. The zero-order valence-electron chi connectivity index (χ0n) is 14.5. The number of esters is 1. The molecule has 100 valence electrons. The molecule has 0 bridgehead atoms. The molecule has 2 aliphatic carbocycles. The van der Waals surface area contributed by atoms with Crippen LogP contribution in [-0.2, 0) is 9.53 Å². The second-order valence-electron chi connectivity index (χ2n) is 5.58. The van der Waals surface area contributed by atoms with Crippen molar-refractivity contribution >= 4 is 5.97 Å². The number of hydrogen-bond acceptors (Lipinski definition) is 2. The first-order valence-corrected chi connectivity index (χ1v) is 6.74. The van der Waals surface area contributed by atoms with Crippen LogP contribution in [0.3, 0.4) is 0 Å². The average Bonchev–Trinajstić information content (AvgIpc) is 2.45. The predicted octanol–water partition coefficient (Wildman–Crippen LogP) is 3.88. The van der Waals surface area contributed by atoms with Crippen LogP contribution in [0.25, 0.3) is 0 Å². The summed E-state index contributed by atoms with van der Waals surface area (Å²) in [6, 6.07) is 0. The van der Waals surface area contributed by atoms with Gasteiger partial charge in [-0.25, -0.2) is 4.79 Å². The molecule has 0 aromatic rings. The van der Waals surface area contributed by atoms with Crippen LogP contribution in [0.4, 0.5) is 0 Å². The minimum Gasteiger partial charge on any atom is -0.466 e. The van der Waals surface area contributed by atoms with E-state index in [1.54, 1.807) is 6.92 Å². The Balaban J connectivity index is 2.43. The summed E-state index contributed by atoms with van der Waals surface area (Å²) in [5, 5.41) is 0. The van der Waals surface area contributed by atoms with Crippen molar-refractivity contribution in [3.05, 3.63) is 22.8 Å². The number of methoxy groups -OCH3 is 1. The van der Waals surface area contributed by atoms with Gasteiger partial charge >= 0.3 is 5.97 Å². The lowest BCUT2D eigenvalue weighted by atomic mass is 9.65. The van der Waals surface area contributed by atoms with Gasteiger partial charge in [0.1, 0.15) is 0 Å². The van der Waals surface area contributed by atoms with Gasteiger partial charge in [0.2, 0.25) is 0 Å². The quantitative estimate of drug-likeness (QED) is 0.306. The number of fused-ring (bicyclic) bond motifs is 1. The van der Waals surface area contributed by atoms with Crippen LogP contribution in [0.5, 0.6) is 0 Å². The molecule has 0 heterocycles. The maximum atomic E-state index is 11.8. The van der Waals surface area contributed by atoms with Crippen LogP contribution >= 0.6 is 0 Å². The molecule has 2 heteroatoms. The molecule has 0 aromatic heterocycles. The van der Waals surface area contributed by atoms with Crippen molar-refractivity contribution in [1.29, 1.82) is 0 Å². The molecule has 0 unspecified atom stereocenters. The summed E-state index contributed by atoms with van der Waals surface area (Å²) in [4.78, 5) is 11.8. The highest BCUT2D eigenvalue weighted by Gasteiger charge is 2.36. The van der Waals surface area contributed by atoms with Gasteiger partial charge in [0, 0.05) is 15.6 Å². The van der Waals surface area contributed by atoms with E-state index >= 15 is 0 Å². The van der Waals surface area contributed by atoms with Crippen LogP contribution < -0.4 is 0 Å². The molecular formula is C16H24O2. The van der Waals surface area contributed by atoms with Crippen molar-refractivity contribution in [2.24, 2.45) is 17.8 Å². The first-order valence-electron chi connectivity index (χ1n) is 8.24. The molecule has 2 aliphatic rings. The number of allylic oxidation sites excluding steroid dienone is 3. The van der Waals surface area contributed by atoms with Crippen molar-refractivity contribution in [3.8, 4) is 0 Å². The summed E-state index contributed by atoms with van der Waals surface area (Å²) in [7, 11) is 1.39. The lowest BCUT2D eigenvalue weighted by molar-refractivity contribution is -0.136. The molecule has 2 rings (SSSR count). The zero-order valence-corrected chi connectivity index (χ0v) is 11.5. The summed E-state index contributed by atoms with van der Waals surface area (Å²) in [5.41, 5.74) is 2.28.